The van der Waals surface area contributed by atoms with Gasteiger partial charge in [0.05, 0.1) is 17.6 Å². The van der Waals surface area contributed by atoms with E-state index in [2.05, 4.69) is 45.4 Å². The number of benzene rings is 1. The first-order valence-electron chi connectivity index (χ1n) is 7.16. The van der Waals surface area contributed by atoms with Crippen LogP contribution in [0, 0.1) is 5.92 Å². The molecule has 1 fully saturated rings. The Morgan fingerprint density at radius 3 is 3.11 bits per heavy atom. The fourth-order valence-corrected chi connectivity index (χ4v) is 2.84. The monoisotopic (exact) mass is 258 g/mol. The molecule has 0 saturated carbocycles. The Balaban J connectivity index is 1.60. The van der Waals surface area contributed by atoms with Crippen LogP contribution in [-0.2, 0) is 13.6 Å². The molecule has 0 radical (unpaired) electrons. The fourth-order valence-electron chi connectivity index (χ4n) is 2.84. The molecule has 3 rings (SSSR count). The van der Waals surface area contributed by atoms with Gasteiger partial charge in [0.15, 0.2) is 0 Å². The summed E-state index contributed by atoms with van der Waals surface area (Å²) in [5, 5.41) is 7.01. The maximum atomic E-state index is 4.68. The summed E-state index contributed by atoms with van der Waals surface area (Å²) < 4.78 is 2.18. The summed E-state index contributed by atoms with van der Waals surface area (Å²) in [6.45, 7) is 4.26. The van der Waals surface area contributed by atoms with Gasteiger partial charge in [-0.2, -0.15) is 0 Å². The molecular formula is C15H22N4. The SMILES string of the molecule is Cn1c(CNCC2CCCNC2)nc2ccccc21. The molecule has 4 nitrogen and oxygen atoms in total. The standard InChI is InChI=1S/C15H22N4/c1-19-14-7-3-2-6-13(14)18-15(19)11-17-10-12-5-4-8-16-9-12/h2-3,6-7,12,16-17H,4-5,8-11H2,1H3. The zero-order valence-corrected chi connectivity index (χ0v) is 11.5. The van der Waals surface area contributed by atoms with Crippen molar-refractivity contribution in [3.05, 3.63) is 30.1 Å². The lowest BCUT2D eigenvalue weighted by atomic mass is 10.00. The maximum absolute atomic E-state index is 4.68. The molecule has 2 aromatic rings. The molecule has 19 heavy (non-hydrogen) atoms. The number of nitrogens with one attached hydrogen (secondary N) is 2. The zero-order chi connectivity index (χ0) is 13.1. The molecule has 4 heteroatoms. The highest BCUT2D eigenvalue weighted by Crippen LogP contribution is 2.14. The highest BCUT2D eigenvalue weighted by molar-refractivity contribution is 5.75. The molecule has 1 aromatic heterocycles. The molecule has 102 valence electrons. The van der Waals surface area contributed by atoms with Crippen molar-refractivity contribution in [1.82, 2.24) is 20.2 Å². The largest absolute Gasteiger partial charge is 0.330 e. The normalized spacial score (nSPS) is 19.9. The summed E-state index contributed by atoms with van der Waals surface area (Å²) in [7, 11) is 2.09. The van der Waals surface area contributed by atoms with Crippen molar-refractivity contribution in [3.63, 3.8) is 0 Å². The summed E-state index contributed by atoms with van der Waals surface area (Å²) in [5.74, 6) is 1.88. The first-order chi connectivity index (χ1) is 9.34. The van der Waals surface area contributed by atoms with Gasteiger partial charge in [-0.1, -0.05) is 12.1 Å². The molecule has 1 aliphatic rings. The quantitative estimate of drug-likeness (QED) is 0.876. The summed E-state index contributed by atoms with van der Waals surface area (Å²) in [6, 6.07) is 8.30. The van der Waals surface area contributed by atoms with Crippen LogP contribution in [0.25, 0.3) is 11.0 Å². The first-order valence-corrected chi connectivity index (χ1v) is 7.16. The molecular weight excluding hydrogens is 236 g/mol. The van der Waals surface area contributed by atoms with E-state index in [1.165, 1.54) is 24.9 Å². The number of rotatable bonds is 4. The fraction of sp³-hybridized carbons (Fsp3) is 0.533. The summed E-state index contributed by atoms with van der Waals surface area (Å²) in [4.78, 5) is 4.68. The minimum absolute atomic E-state index is 0.767. The Kier molecular flexibility index (Phi) is 3.80. The predicted octanol–water partition coefficient (Wildman–Crippen LogP) is 1.66. The van der Waals surface area contributed by atoms with Crippen LogP contribution in [0.1, 0.15) is 18.7 Å². The molecule has 1 atom stereocenters. The number of aromatic nitrogens is 2. The van der Waals surface area contributed by atoms with Crippen LogP contribution < -0.4 is 10.6 Å². The number of hydrogen-bond acceptors (Lipinski definition) is 3. The first kappa shape index (κ1) is 12.6. The van der Waals surface area contributed by atoms with Crippen molar-refractivity contribution in [1.29, 1.82) is 0 Å². The van der Waals surface area contributed by atoms with Gasteiger partial charge in [0.1, 0.15) is 5.82 Å². The third-order valence-electron chi connectivity index (χ3n) is 3.99. The van der Waals surface area contributed by atoms with E-state index in [-0.39, 0.29) is 0 Å². The molecule has 2 N–H and O–H groups in total. The van der Waals surface area contributed by atoms with Gasteiger partial charge in [-0.25, -0.2) is 4.98 Å². The number of aryl methyl sites for hydroxylation is 1. The number of piperidine rings is 1. The van der Waals surface area contributed by atoms with Gasteiger partial charge >= 0.3 is 0 Å². The smallest absolute Gasteiger partial charge is 0.123 e. The van der Waals surface area contributed by atoms with Crippen LogP contribution >= 0.6 is 0 Å². The van der Waals surface area contributed by atoms with Gasteiger partial charge in [-0.05, 0) is 50.5 Å². The van der Waals surface area contributed by atoms with Gasteiger partial charge in [0.25, 0.3) is 0 Å². The highest BCUT2D eigenvalue weighted by Gasteiger charge is 2.13. The Morgan fingerprint density at radius 1 is 1.42 bits per heavy atom. The number of fused-ring (bicyclic) bond motifs is 1. The third kappa shape index (κ3) is 2.80. The summed E-state index contributed by atoms with van der Waals surface area (Å²) >= 11 is 0. The van der Waals surface area contributed by atoms with Crippen LogP contribution in [0.5, 0.6) is 0 Å². The molecule has 1 aromatic carbocycles. The van der Waals surface area contributed by atoms with Gasteiger partial charge < -0.3 is 15.2 Å². The van der Waals surface area contributed by atoms with Crippen molar-refractivity contribution >= 4 is 11.0 Å². The lowest BCUT2D eigenvalue weighted by molar-refractivity contribution is 0.358. The average Bonchev–Trinajstić information content (AvgIpc) is 2.78. The Labute approximate surface area is 114 Å². The average molecular weight is 258 g/mol. The van der Waals surface area contributed by atoms with E-state index in [9.17, 15) is 0 Å². The van der Waals surface area contributed by atoms with Crippen LogP contribution in [-0.4, -0.2) is 29.2 Å². The Bertz CT molecular complexity index is 540. The molecule has 0 aliphatic carbocycles. The van der Waals surface area contributed by atoms with Crippen molar-refractivity contribution in [2.45, 2.75) is 19.4 Å². The minimum Gasteiger partial charge on any atom is -0.330 e. The van der Waals surface area contributed by atoms with E-state index in [1.807, 2.05) is 6.07 Å². The van der Waals surface area contributed by atoms with Gasteiger partial charge in [0.2, 0.25) is 0 Å². The summed E-state index contributed by atoms with van der Waals surface area (Å²) in [5.41, 5.74) is 2.29. The third-order valence-corrected chi connectivity index (χ3v) is 3.99. The highest BCUT2D eigenvalue weighted by atomic mass is 15.1. The zero-order valence-electron chi connectivity index (χ0n) is 11.5. The minimum atomic E-state index is 0.767. The van der Waals surface area contributed by atoms with Crippen LogP contribution in [0.2, 0.25) is 0 Å². The number of hydrogen-bond donors (Lipinski definition) is 2. The van der Waals surface area contributed by atoms with Crippen molar-refractivity contribution in [2.75, 3.05) is 19.6 Å². The van der Waals surface area contributed by atoms with Gasteiger partial charge in [-0.3, -0.25) is 0 Å². The Morgan fingerprint density at radius 2 is 2.32 bits per heavy atom. The maximum Gasteiger partial charge on any atom is 0.123 e. The summed E-state index contributed by atoms with van der Waals surface area (Å²) in [6.07, 6.45) is 2.64. The van der Waals surface area contributed by atoms with E-state index in [0.29, 0.717) is 0 Å². The molecule has 2 heterocycles. The second kappa shape index (κ2) is 5.72. The lowest BCUT2D eigenvalue weighted by Crippen LogP contribution is -2.36. The van der Waals surface area contributed by atoms with Crippen LogP contribution in [0.15, 0.2) is 24.3 Å². The van der Waals surface area contributed by atoms with Gasteiger partial charge in [-0.15, -0.1) is 0 Å². The van der Waals surface area contributed by atoms with E-state index >= 15 is 0 Å². The van der Waals surface area contributed by atoms with E-state index < -0.39 is 0 Å². The molecule has 1 saturated heterocycles. The molecule has 1 aliphatic heterocycles. The lowest BCUT2D eigenvalue weighted by Gasteiger charge is -2.22. The molecule has 1 unspecified atom stereocenters. The number of nitrogens with zero attached hydrogens (tertiary/aromatic N) is 2. The van der Waals surface area contributed by atoms with E-state index in [0.717, 1.165) is 36.9 Å². The van der Waals surface area contributed by atoms with Crippen molar-refractivity contribution in [2.24, 2.45) is 13.0 Å². The number of para-hydroxylation sites is 2. The second-order valence-electron chi connectivity index (χ2n) is 5.42. The van der Waals surface area contributed by atoms with E-state index in [1.54, 1.807) is 0 Å². The van der Waals surface area contributed by atoms with E-state index in [4.69, 9.17) is 0 Å². The van der Waals surface area contributed by atoms with Crippen LogP contribution in [0.4, 0.5) is 0 Å². The van der Waals surface area contributed by atoms with Crippen molar-refractivity contribution < 1.29 is 0 Å². The molecule has 0 amide bonds. The number of imidazole rings is 1. The second-order valence-corrected chi connectivity index (χ2v) is 5.42. The van der Waals surface area contributed by atoms with Crippen LogP contribution in [0.3, 0.4) is 0 Å². The predicted molar refractivity (Wildman–Crippen MR) is 78.0 cm³/mol. The molecule has 0 bridgehead atoms. The molecule has 0 spiro atoms. The van der Waals surface area contributed by atoms with Gasteiger partial charge in [0, 0.05) is 7.05 Å². The van der Waals surface area contributed by atoms with Crippen molar-refractivity contribution in [3.8, 4) is 0 Å². The Hall–Kier alpha value is -1.39. The topological polar surface area (TPSA) is 41.9 Å².